The second-order valence-corrected chi connectivity index (χ2v) is 13.1. The van der Waals surface area contributed by atoms with Gasteiger partial charge < -0.3 is 24.4 Å². The number of nitrogens with zero attached hydrogens (tertiary/aromatic N) is 2. The molecule has 8 nitrogen and oxygen atoms in total. The molecule has 1 atom stereocenters. The van der Waals surface area contributed by atoms with Crippen molar-refractivity contribution in [3.05, 3.63) is 155 Å². The Bertz CT molecular complexity index is 1920. The van der Waals surface area contributed by atoms with Crippen LogP contribution >= 0.6 is 0 Å². The fourth-order valence-electron chi connectivity index (χ4n) is 6.95. The number of hydrogen-bond acceptors (Lipinski definition) is 6. The molecule has 7 rings (SSSR count). The van der Waals surface area contributed by atoms with E-state index in [1.54, 1.807) is 17.0 Å². The molecular formula is C43H42FN3O5. The summed E-state index contributed by atoms with van der Waals surface area (Å²) in [5, 5.41) is 2.91. The number of carbonyl (C=O) groups is 2. The zero-order valence-electron chi connectivity index (χ0n) is 29.0. The number of hydrogen-bond donors (Lipinski definition) is 1. The first-order valence-corrected chi connectivity index (χ1v) is 17.8. The number of halogens is 1. The predicted octanol–water partition coefficient (Wildman–Crippen LogP) is 7.22. The van der Waals surface area contributed by atoms with Crippen LogP contribution in [0.4, 0.5) is 14.9 Å². The molecule has 1 aliphatic carbocycles. The van der Waals surface area contributed by atoms with Crippen molar-refractivity contribution in [3.63, 3.8) is 0 Å². The maximum absolute atomic E-state index is 14.7. The van der Waals surface area contributed by atoms with Crippen LogP contribution in [-0.2, 0) is 27.2 Å². The Morgan fingerprint density at radius 3 is 2.19 bits per heavy atom. The van der Waals surface area contributed by atoms with E-state index < -0.39 is 12.1 Å². The highest BCUT2D eigenvalue weighted by atomic mass is 19.1. The van der Waals surface area contributed by atoms with Gasteiger partial charge in [0.15, 0.2) is 0 Å². The molecule has 1 unspecified atom stereocenters. The van der Waals surface area contributed by atoms with Crippen LogP contribution in [-0.4, -0.2) is 69.0 Å². The molecule has 1 N–H and O–H groups in total. The van der Waals surface area contributed by atoms with Gasteiger partial charge in [0.05, 0.1) is 19.8 Å². The maximum atomic E-state index is 14.7. The van der Waals surface area contributed by atoms with Gasteiger partial charge in [-0.2, -0.15) is 0 Å². The summed E-state index contributed by atoms with van der Waals surface area (Å²) in [6.07, 6.45) is -0.447. The Hall–Kier alpha value is -5.51. The summed E-state index contributed by atoms with van der Waals surface area (Å²) in [5.41, 5.74) is 6.66. The lowest BCUT2D eigenvalue weighted by Gasteiger charge is -2.29. The van der Waals surface area contributed by atoms with Crippen LogP contribution in [0.1, 0.15) is 28.2 Å². The van der Waals surface area contributed by atoms with Gasteiger partial charge in [0.1, 0.15) is 30.8 Å². The molecule has 2 aliphatic rings. The monoisotopic (exact) mass is 699 g/mol. The van der Waals surface area contributed by atoms with E-state index in [-0.39, 0.29) is 37.2 Å². The number of benzene rings is 5. The molecule has 0 spiro atoms. The summed E-state index contributed by atoms with van der Waals surface area (Å²) in [5.74, 6) is -0.211. The Morgan fingerprint density at radius 2 is 1.48 bits per heavy atom. The number of nitrogens with one attached hydrogen (secondary N) is 1. The van der Waals surface area contributed by atoms with Crippen molar-refractivity contribution < 1.29 is 28.2 Å². The number of carbonyl (C=O) groups excluding carboxylic acids is 2. The number of ether oxygens (including phenoxy) is 3. The van der Waals surface area contributed by atoms with Crippen molar-refractivity contribution in [1.82, 2.24) is 10.2 Å². The van der Waals surface area contributed by atoms with E-state index in [9.17, 15) is 14.0 Å². The lowest BCUT2D eigenvalue weighted by atomic mass is 9.98. The van der Waals surface area contributed by atoms with Gasteiger partial charge in [-0.3, -0.25) is 9.69 Å². The van der Waals surface area contributed by atoms with Crippen molar-refractivity contribution in [1.29, 1.82) is 0 Å². The first-order valence-electron chi connectivity index (χ1n) is 17.8. The first kappa shape index (κ1) is 34.9. The molecule has 0 saturated carbocycles. The fraction of sp³-hybridized carbons (Fsp3) is 0.256. The molecule has 266 valence electrons. The average Bonchev–Trinajstić information content (AvgIpc) is 3.51. The third-order valence-corrected chi connectivity index (χ3v) is 9.65. The highest BCUT2D eigenvalue weighted by molar-refractivity contribution is 5.99. The molecule has 2 amide bonds. The third-order valence-electron chi connectivity index (χ3n) is 9.65. The quantitative estimate of drug-likeness (QED) is 0.140. The molecule has 9 heteroatoms. The van der Waals surface area contributed by atoms with E-state index in [1.807, 2.05) is 78.9 Å². The summed E-state index contributed by atoms with van der Waals surface area (Å²) < 4.78 is 31.4. The summed E-state index contributed by atoms with van der Waals surface area (Å²) in [6, 6.07) is 38.3. The van der Waals surface area contributed by atoms with E-state index in [0.29, 0.717) is 31.3 Å². The van der Waals surface area contributed by atoms with Crippen molar-refractivity contribution in [2.24, 2.45) is 0 Å². The van der Waals surface area contributed by atoms with Gasteiger partial charge >= 0.3 is 6.09 Å². The number of fused-ring (bicyclic) bond motifs is 3. The van der Waals surface area contributed by atoms with Gasteiger partial charge in [0.2, 0.25) is 5.91 Å². The summed E-state index contributed by atoms with van der Waals surface area (Å²) in [4.78, 5) is 32.2. The minimum Gasteiger partial charge on any atom is -0.492 e. The Balaban J connectivity index is 1.11. The average molecular weight is 700 g/mol. The molecule has 1 heterocycles. The molecule has 1 aliphatic heterocycles. The molecule has 5 aromatic carbocycles. The van der Waals surface area contributed by atoms with Crippen molar-refractivity contribution >= 4 is 17.7 Å². The topological polar surface area (TPSA) is 80.3 Å². The van der Waals surface area contributed by atoms with Crippen LogP contribution in [0.15, 0.2) is 127 Å². The zero-order valence-corrected chi connectivity index (χ0v) is 29.0. The number of alkyl carbamates (subject to hydrolysis) is 1. The van der Waals surface area contributed by atoms with Crippen LogP contribution in [0, 0.1) is 5.82 Å². The maximum Gasteiger partial charge on any atom is 0.407 e. The van der Waals surface area contributed by atoms with Crippen LogP contribution in [0.5, 0.6) is 5.75 Å². The van der Waals surface area contributed by atoms with E-state index in [4.69, 9.17) is 14.2 Å². The minimum atomic E-state index is -0.968. The van der Waals surface area contributed by atoms with Crippen LogP contribution in [0.25, 0.3) is 11.1 Å². The van der Waals surface area contributed by atoms with Gasteiger partial charge in [0.25, 0.3) is 0 Å². The second-order valence-electron chi connectivity index (χ2n) is 13.1. The molecular weight excluding hydrogens is 657 g/mol. The van der Waals surface area contributed by atoms with E-state index >= 15 is 0 Å². The Labute approximate surface area is 303 Å². The highest BCUT2D eigenvalue weighted by Crippen LogP contribution is 2.44. The largest absolute Gasteiger partial charge is 0.492 e. The summed E-state index contributed by atoms with van der Waals surface area (Å²) in [6.45, 7) is 4.66. The Morgan fingerprint density at radius 1 is 0.808 bits per heavy atom. The van der Waals surface area contributed by atoms with Gasteiger partial charge in [0, 0.05) is 43.7 Å². The number of anilines is 1. The third kappa shape index (κ3) is 8.50. The summed E-state index contributed by atoms with van der Waals surface area (Å²) in [7, 11) is 0. The van der Waals surface area contributed by atoms with Gasteiger partial charge in [-0.1, -0.05) is 97.1 Å². The molecule has 0 aromatic heterocycles. The molecule has 0 radical (unpaired) electrons. The van der Waals surface area contributed by atoms with Crippen LogP contribution in [0.3, 0.4) is 0 Å². The minimum absolute atomic E-state index is 0.120. The lowest BCUT2D eigenvalue weighted by molar-refractivity contribution is -0.120. The van der Waals surface area contributed by atoms with Crippen LogP contribution < -0.4 is 15.0 Å². The van der Waals surface area contributed by atoms with E-state index in [0.717, 1.165) is 53.0 Å². The van der Waals surface area contributed by atoms with Gasteiger partial charge in [-0.25, -0.2) is 9.18 Å². The lowest BCUT2D eigenvalue weighted by Crippen LogP contribution is -2.50. The number of amides is 2. The first-order chi connectivity index (χ1) is 25.5. The molecule has 52 heavy (non-hydrogen) atoms. The molecule has 1 saturated heterocycles. The normalized spacial score (nSPS) is 14.6. The second kappa shape index (κ2) is 16.7. The highest BCUT2D eigenvalue weighted by Gasteiger charge is 2.31. The zero-order chi connectivity index (χ0) is 35.7. The van der Waals surface area contributed by atoms with Crippen molar-refractivity contribution in [2.45, 2.75) is 24.9 Å². The summed E-state index contributed by atoms with van der Waals surface area (Å²) >= 11 is 0. The smallest absolute Gasteiger partial charge is 0.407 e. The van der Waals surface area contributed by atoms with Crippen LogP contribution in [0.2, 0.25) is 0 Å². The van der Waals surface area contributed by atoms with Crippen molar-refractivity contribution in [2.75, 3.05) is 51.0 Å². The molecule has 5 aromatic rings. The SMILES string of the molecule is O=C(NC(Cc1ccccc1)C(=O)N(Cc1ccc(F)cc1)c1cccc(OCCN2CCOCC2)c1)OCC1c2ccccc2-c2ccccc21. The molecule has 1 fully saturated rings. The number of morpholine rings is 1. The molecule has 0 bridgehead atoms. The van der Waals surface area contributed by atoms with Gasteiger partial charge in [-0.15, -0.1) is 0 Å². The fourth-order valence-corrected chi connectivity index (χ4v) is 6.95. The predicted molar refractivity (Wildman–Crippen MR) is 199 cm³/mol. The van der Waals surface area contributed by atoms with Crippen molar-refractivity contribution in [3.8, 4) is 16.9 Å². The van der Waals surface area contributed by atoms with E-state index in [1.165, 1.54) is 12.1 Å². The Kier molecular flexibility index (Phi) is 11.2. The van der Waals surface area contributed by atoms with Gasteiger partial charge in [-0.05, 0) is 57.6 Å². The standard InChI is InChI=1S/C43H42FN3O5/c44-33-19-17-32(18-20-33)29-47(34-11-8-12-35(28-34)51-26-23-46-21-24-50-25-22-46)42(48)41(27-31-9-2-1-3-10-31)45-43(49)52-30-40-38-15-6-4-13-36(38)37-14-5-7-16-39(37)40/h1-20,28,40-41H,21-27,29-30H2,(H,45,49). The van der Waals surface area contributed by atoms with E-state index in [2.05, 4.69) is 34.5 Å². The number of rotatable bonds is 13.